The molecular weight excluding hydrogens is 390 g/mol. The summed E-state index contributed by atoms with van der Waals surface area (Å²) in [7, 11) is -3.85. The number of pyridine rings is 1. The molecule has 0 bridgehead atoms. The van der Waals surface area contributed by atoms with E-state index >= 15 is 0 Å². The molecule has 0 aliphatic heterocycles. The summed E-state index contributed by atoms with van der Waals surface area (Å²) in [5.41, 5.74) is 0.404. The molecule has 2 amide bonds. The lowest BCUT2D eigenvalue weighted by molar-refractivity contribution is -0.139. The number of sulfone groups is 1. The Kier molecular flexibility index (Phi) is 7.32. The third-order valence-electron chi connectivity index (χ3n) is 3.76. The number of aromatic nitrogens is 1. The van der Waals surface area contributed by atoms with Crippen LogP contribution in [0.3, 0.4) is 0 Å². The van der Waals surface area contributed by atoms with Crippen LogP contribution in [0.2, 0.25) is 5.02 Å². The molecule has 1 heterocycles. The Balaban J connectivity index is 2.26. The fourth-order valence-corrected chi connectivity index (χ4v) is 4.12. The van der Waals surface area contributed by atoms with Crippen LogP contribution in [0.25, 0.3) is 0 Å². The molecule has 27 heavy (non-hydrogen) atoms. The number of carbonyl (C=O) groups is 2. The molecule has 1 atom stereocenters. The van der Waals surface area contributed by atoms with E-state index in [1.807, 2.05) is 6.92 Å². The van der Waals surface area contributed by atoms with Crippen molar-refractivity contribution in [3.05, 3.63) is 59.4 Å². The molecule has 0 unspecified atom stereocenters. The van der Waals surface area contributed by atoms with Gasteiger partial charge in [0.2, 0.25) is 0 Å². The normalized spacial score (nSPS) is 12.2. The van der Waals surface area contributed by atoms with Crippen LogP contribution in [0.5, 0.6) is 0 Å². The topological polar surface area (TPSA) is 105 Å². The van der Waals surface area contributed by atoms with Crippen molar-refractivity contribution in [1.29, 1.82) is 0 Å². The zero-order valence-electron chi connectivity index (χ0n) is 14.7. The first kappa shape index (κ1) is 20.9. The lowest BCUT2D eigenvalue weighted by atomic mass is 10.2. The molecule has 0 aliphatic carbocycles. The summed E-state index contributed by atoms with van der Waals surface area (Å²) in [5, 5.41) is 4.15. The van der Waals surface area contributed by atoms with Gasteiger partial charge >= 0.3 is 11.8 Å². The molecule has 0 fully saturated rings. The monoisotopic (exact) mass is 409 g/mol. The van der Waals surface area contributed by atoms with E-state index in [-0.39, 0.29) is 11.4 Å². The zero-order chi connectivity index (χ0) is 19.9. The minimum atomic E-state index is -3.85. The molecular formula is C18H20ClN3O4S. The van der Waals surface area contributed by atoms with E-state index in [2.05, 4.69) is 15.6 Å². The molecule has 144 valence electrons. The Morgan fingerprint density at radius 1 is 1.11 bits per heavy atom. The van der Waals surface area contributed by atoms with Crippen LogP contribution in [-0.4, -0.2) is 38.3 Å². The highest BCUT2D eigenvalue weighted by atomic mass is 35.5. The van der Waals surface area contributed by atoms with Crippen molar-refractivity contribution >= 4 is 33.3 Å². The van der Waals surface area contributed by atoms with Crippen LogP contribution in [0.4, 0.5) is 0 Å². The second-order valence-corrected chi connectivity index (χ2v) is 8.31. The van der Waals surface area contributed by atoms with Gasteiger partial charge in [0.05, 0.1) is 4.90 Å². The Morgan fingerprint density at radius 2 is 1.78 bits per heavy atom. The van der Waals surface area contributed by atoms with Crippen molar-refractivity contribution < 1.29 is 18.0 Å². The molecule has 9 heteroatoms. The maximum Gasteiger partial charge on any atom is 0.309 e. The summed E-state index contributed by atoms with van der Waals surface area (Å²) in [6.07, 6.45) is 3.62. The summed E-state index contributed by atoms with van der Waals surface area (Å²) >= 11 is 5.83. The second-order valence-electron chi connectivity index (χ2n) is 5.74. The van der Waals surface area contributed by atoms with Gasteiger partial charge < -0.3 is 10.6 Å². The molecule has 0 radical (unpaired) electrons. The number of benzene rings is 1. The summed E-state index contributed by atoms with van der Waals surface area (Å²) in [6, 6.07) is 8.97. The van der Waals surface area contributed by atoms with E-state index in [0.717, 1.165) is 0 Å². The van der Waals surface area contributed by atoms with Crippen molar-refractivity contribution in [2.45, 2.75) is 23.5 Å². The molecule has 0 spiro atoms. The quantitative estimate of drug-likeness (QED) is 0.679. The molecule has 1 aromatic heterocycles. The highest BCUT2D eigenvalue weighted by molar-refractivity contribution is 7.91. The molecule has 7 nitrogen and oxygen atoms in total. The lowest BCUT2D eigenvalue weighted by Gasteiger charge is -2.18. The first-order valence-electron chi connectivity index (χ1n) is 8.31. The maximum absolute atomic E-state index is 13.1. The Morgan fingerprint density at radius 3 is 2.37 bits per heavy atom. The molecule has 0 saturated carbocycles. The van der Waals surface area contributed by atoms with E-state index in [1.54, 1.807) is 12.1 Å². The van der Waals surface area contributed by atoms with Gasteiger partial charge in [-0.3, -0.25) is 14.6 Å². The van der Waals surface area contributed by atoms with Gasteiger partial charge in [-0.1, -0.05) is 24.6 Å². The predicted octanol–water partition coefficient (Wildman–Crippen LogP) is 1.89. The van der Waals surface area contributed by atoms with Crippen molar-refractivity contribution in [2.75, 3.05) is 13.1 Å². The van der Waals surface area contributed by atoms with Crippen LogP contribution in [0, 0.1) is 0 Å². The van der Waals surface area contributed by atoms with Crippen molar-refractivity contribution in [2.24, 2.45) is 0 Å². The van der Waals surface area contributed by atoms with Crippen LogP contribution in [0.15, 0.2) is 53.7 Å². The number of hydrogen-bond donors (Lipinski definition) is 2. The third-order valence-corrected chi connectivity index (χ3v) is 6.13. The molecule has 2 N–H and O–H groups in total. The number of nitrogens with zero attached hydrogens (tertiary/aromatic N) is 1. The highest BCUT2D eigenvalue weighted by Crippen LogP contribution is 2.28. The standard InChI is InChI=1S/C18H20ClN3O4S/c1-2-9-21-17(23)18(24)22-12-16(13-4-3-10-20-11-13)27(25,26)15-7-5-14(19)6-8-15/h3-8,10-11,16H,2,9,12H2,1H3,(H,21,23)(H,22,24)/t16-/m0/s1. The average Bonchev–Trinajstić information content (AvgIpc) is 2.67. The largest absolute Gasteiger partial charge is 0.348 e. The fraction of sp³-hybridized carbons (Fsp3) is 0.278. The Bertz CT molecular complexity index is 887. The third kappa shape index (κ3) is 5.51. The Labute approximate surface area is 163 Å². The second kappa shape index (κ2) is 9.48. The van der Waals surface area contributed by atoms with Gasteiger partial charge in [-0.25, -0.2) is 8.42 Å². The van der Waals surface area contributed by atoms with Gasteiger partial charge in [-0.15, -0.1) is 0 Å². The average molecular weight is 410 g/mol. The van der Waals surface area contributed by atoms with Crippen LogP contribution < -0.4 is 10.6 Å². The van der Waals surface area contributed by atoms with E-state index in [1.165, 1.54) is 36.7 Å². The van der Waals surface area contributed by atoms with E-state index in [9.17, 15) is 18.0 Å². The van der Waals surface area contributed by atoms with Crippen LogP contribution in [0.1, 0.15) is 24.2 Å². The number of carbonyl (C=O) groups excluding carboxylic acids is 2. The first-order valence-corrected chi connectivity index (χ1v) is 10.2. The summed E-state index contributed by atoms with van der Waals surface area (Å²) < 4.78 is 26.2. The minimum absolute atomic E-state index is 0.0606. The van der Waals surface area contributed by atoms with Crippen molar-refractivity contribution in [3.8, 4) is 0 Å². The SMILES string of the molecule is CCCNC(=O)C(=O)NC[C@@H](c1cccnc1)S(=O)(=O)c1ccc(Cl)cc1. The maximum atomic E-state index is 13.1. The van der Waals surface area contributed by atoms with Gasteiger partial charge in [0.15, 0.2) is 9.84 Å². The number of hydrogen-bond acceptors (Lipinski definition) is 5. The summed E-state index contributed by atoms with van der Waals surface area (Å²) in [6.45, 7) is 1.95. The van der Waals surface area contributed by atoms with Crippen molar-refractivity contribution in [3.63, 3.8) is 0 Å². The molecule has 0 saturated heterocycles. The predicted molar refractivity (Wildman–Crippen MR) is 102 cm³/mol. The number of halogens is 1. The summed E-state index contributed by atoms with van der Waals surface area (Å²) in [5.74, 6) is -1.69. The molecule has 0 aliphatic rings. The minimum Gasteiger partial charge on any atom is -0.348 e. The molecule has 2 aromatic rings. The smallest absolute Gasteiger partial charge is 0.309 e. The van der Waals surface area contributed by atoms with Gasteiger partial charge in [-0.05, 0) is 42.3 Å². The summed E-state index contributed by atoms with van der Waals surface area (Å²) in [4.78, 5) is 27.7. The van der Waals surface area contributed by atoms with Crippen molar-refractivity contribution in [1.82, 2.24) is 15.6 Å². The van der Waals surface area contributed by atoms with Gasteiger partial charge in [0.1, 0.15) is 5.25 Å². The van der Waals surface area contributed by atoms with Gasteiger partial charge in [-0.2, -0.15) is 0 Å². The lowest BCUT2D eigenvalue weighted by Crippen LogP contribution is -2.42. The molecule has 1 aromatic carbocycles. The van der Waals surface area contributed by atoms with Crippen LogP contribution >= 0.6 is 11.6 Å². The molecule has 2 rings (SSSR count). The van der Waals surface area contributed by atoms with E-state index in [4.69, 9.17) is 11.6 Å². The highest BCUT2D eigenvalue weighted by Gasteiger charge is 2.30. The zero-order valence-corrected chi connectivity index (χ0v) is 16.3. The number of rotatable bonds is 7. The van der Waals surface area contributed by atoms with Gasteiger partial charge in [0.25, 0.3) is 0 Å². The van der Waals surface area contributed by atoms with E-state index < -0.39 is 26.9 Å². The first-order chi connectivity index (χ1) is 12.9. The number of nitrogens with one attached hydrogen (secondary N) is 2. The Hall–Kier alpha value is -2.45. The van der Waals surface area contributed by atoms with E-state index in [0.29, 0.717) is 23.6 Å². The fourth-order valence-electron chi connectivity index (χ4n) is 2.35. The van der Waals surface area contributed by atoms with Gasteiger partial charge in [0, 0.05) is 30.5 Å². The number of amides is 2. The van der Waals surface area contributed by atoms with Crippen LogP contribution in [-0.2, 0) is 19.4 Å².